The van der Waals surface area contributed by atoms with E-state index in [0.717, 1.165) is 5.56 Å². The molecule has 4 nitrogen and oxygen atoms in total. The van der Waals surface area contributed by atoms with Gasteiger partial charge in [-0.2, -0.15) is 0 Å². The number of carbonyl (C=O) groups excluding carboxylic acids is 3. The molecule has 0 spiro atoms. The Kier molecular flexibility index (Phi) is 4.13. The third kappa shape index (κ3) is 2.56. The lowest BCUT2D eigenvalue weighted by Crippen LogP contribution is -2.29. The first kappa shape index (κ1) is 15.9. The van der Waals surface area contributed by atoms with Gasteiger partial charge < -0.3 is 4.74 Å². The van der Waals surface area contributed by atoms with Crippen LogP contribution in [0.2, 0.25) is 0 Å². The zero-order chi connectivity index (χ0) is 17.3. The number of esters is 1. The van der Waals surface area contributed by atoms with Crippen molar-refractivity contribution in [2.24, 2.45) is 0 Å². The van der Waals surface area contributed by atoms with E-state index in [0.29, 0.717) is 22.3 Å². The van der Waals surface area contributed by atoms with E-state index in [4.69, 9.17) is 4.74 Å². The fraction of sp³-hybridized carbons (Fsp3) is 0.150. The minimum Gasteiger partial charge on any atom is -0.462 e. The first-order valence-corrected chi connectivity index (χ1v) is 7.71. The van der Waals surface area contributed by atoms with E-state index in [2.05, 4.69) is 0 Å². The molecule has 0 saturated carbocycles. The largest absolute Gasteiger partial charge is 0.462 e. The molecule has 24 heavy (non-hydrogen) atoms. The Morgan fingerprint density at radius 3 is 2.33 bits per heavy atom. The molecule has 3 rings (SSSR count). The van der Waals surface area contributed by atoms with Gasteiger partial charge in [0.15, 0.2) is 0 Å². The van der Waals surface area contributed by atoms with Crippen LogP contribution in [0.1, 0.15) is 34.0 Å². The lowest BCUT2D eigenvalue weighted by atomic mass is 9.80. The topological polar surface area (TPSA) is 60.4 Å². The van der Waals surface area contributed by atoms with E-state index in [1.165, 1.54) is 0 Å². The minimum absolute atomic E-state index is 0.132. The Morgan fingerprint density at radius 2 is 1.67 bits per heavy atom. The number of hydrogen-bond donors (Lipinski definition) is 0. The summed E-state index contributed by atoms with van der Waals surface area (Å²) >= 11 is 0. The zero-order valence-electron chi connectivity index (χ0n) is 13.5. The van der Waals surface area contributed by atoms with E-state index in [1.807, 2.05) is 31.2 Å². The summed E-state index contributed by atoms with van der Waals surface area (Å²) in [6.07, 6.45) is 0. The van der Waals surface area contributed by atoms with E-state index >= 15 is 0 Å². The SMILES string of the molecule is CCOC(=O)C1=C(c2ccccc2)c2ccc(C)cc2C(=O)C1=O. The first-order valence-electron chi connectivity index (χ1n) is 7.71. The number of Topliss-reactive ketones (excluding diaryl/α,β-unsaturated/α-hetero) is 2. The van der Waals surface area contributed by atoms with Gasteiger partial charge in [0.1, 0.15) is 5.57 Å². The van der Waals surface area contributed by atoms with Crippen molar-refractivity contribution in [2.45, 2.75) is 13.8 Å². The number of aryl methyl sites for hydroxylation is 1. The van der Waals surface area contributed by atoms with Gasteiger partial charge in [0, 0.05) is 11.1 Å². The molecule has 0 N–H and O–H groups in total. The number of carbonyl (C=O) groups is 3. The maximum Gasteiger partial charge on any atom is 0.342 e. The number of hydrogen-bond acceptors (Lipinski definition) is 4. The molecule has 0 radical (unpaired) electrons. The molecule has 1 aliphatic rings. The van der Waals surface area contributed by atoms with Crippen molar-refractivity contribution in [1.82, 2.24) is 0 Å². The summed E-state index contributed by atoms with van der Waals surface area (Å²) in [6.45, 7) is 3.64. The Labute approximate surface area is 139 Å². The van der Waals surface area contributed by atoms with Crippen LogP contribution in [0.3, 0.4) is 0 Å². The highest BCUT2D eigenvalue weighted by Gasteiger charge is 2.37. The zero-order valence-corrected chi connectivity index (χ0v) is 13.5. The van der Waals surface area contributed by atoms with Crippen LogP contribution in [-0.4, -0.2) is 24.1 Å². The second-order valence-corrected chi connectivity index (χ2v) is 5.54. The smallest absolute Gasteiger partial charge is 0.342 e. The fourth-order valence-electron chi connectivity index (χ4n) is 2.85. The maximum absolute atomic E-state index is 12.6. The second kappa shape index (κ2) is 6.24. The van der Waals surface area contributed by atoms with Crippen molar-refractivity contribution in [3.05, 3.63) is 76.4 Å². The monoisotopic (exact) mass is 320 g/mol. The summed E-state index contributed by atoms with van der Waals surface area (Å²) in [6, 6.07) is 14.4. The van der Waals surface area contributed by atoms with Crippen LogP contribution in [-0.2, 0) is 14.3 Å². The van der Waals surface area contributed by atoms with Gasteiger partial charge in [-0.05, 0) is 31.0 Å². The molecule has 0 fully saturated rings. The molecule has 0 amide bonds. The summed E-state index contributed by atoms with van der Waals surface area (Å²) in [5.74, 6) is -2.25. The summed E-state index contributed by atoms with van der Waals surface area (Å²) in [5.41, 5.74) is 2.75. The van der Waals surface area contributed by atoms with Gasteiger partial charge in [0.05, 0.1) is 6.61 Å². The van der Waals surface area contributed by atoms with Crippen LogP contribution in [0.25, 0.3) is 5.57 Å². The molecule has 0 bridgehead atoms. The highest BCUT2D eigenvalue weighted by molar-refractivity contribution is 6.57. The molecule has 2 aromatic carbocycles. The third-order valence-corrected chi connectivity index (χ3v) is 3.91. The molecule has 4 heteroatoms. The molecule has 0 aliphatic heterocycles. The van der Waals surface area contributed by atoms with E-state index < -0.39 is 17.5 Å². The van der Waals surface area contributed by atoms with Crippen molar-refractivity contribution >= 4 is 23.1 Å². The average Bonchev–Trinajstić information content (AvgIpc) is 2.59. The van der Waals surface area contributed by atoms with Gasteiger partial charge in [-0.1, -0.05) is 48.0 Å². The number of ether oxygens (including phenoxy) is 1. The standard InChI is InChI=1S/C20H16O4/c1-3-24-20(23)17-16(13-7-5-4-6-8-13)14-10-9-12(2)11-15(14)18(21)19(17)22/h4-11H,3H2,1-2H3. The van der Waals surface area contributed by atoms with E-state index in [-0.39, 0.29) is 12.2 Å². The van der Waals surface area contributed by atoms with Crippen LogP contribution in [0, 0.1) is 6.92 Å². The predicted octanol–water partition coefficient (Wildman–Crippen LogP) is 3.13. The normalized spacial score (nSPS) is 13.8. The van der Waals surface area contributed by atoms with Crippen molar-refractivity contribution in [2.75, 3.05) is 6.61 Å². The van der Waals surface area contributed by atoms with E-state index in [9.17, 15) is 14.4 Å². The van der Waals surface area contributed by atoms with Crippen molar-refractivity contribution in [3.8, 4) is 0 Å². The Bertz CT molecular complexity index is 876. The van der Waals surface area contributed by atoms with Gasteiger partial charge in [-0.3, -0.25) is 9.59 Å². The third-order valence-electron chi connectivity index (χ3n) is 3.91. The summed E-state index contributed by atoms with van der Waals surface area (Å²) in [7, 11) is 0. The maximum atomic E-state index is 12.6. The van der Waals surface area contributed by atoms with Gasteiger partial charge in [0.2, 0.25) is 11.6 Å². The molecule has 1 aliphatic carbocycles. The van der Waals surface area contributed by atoms with Crippen LogP contribution < -0.4 is 0 Å². The summed E-state index contributed by atoms with van der Waals surface area (Å²) in [5, 5.41) is 0. The highest BCUT2D eigenvalue weighted by atomic mass is 16.5. The number of ketones is 2. The highest BCUT2D eigenvalue weighted by Crippen LogP contribution is 2.35. The molecule has 0 saturated heterocycles. The minimum atomic E-state index is -0.814. The van der Waals surface area contributed by atoms with Gasteiger partial charge in [-0.25, -0.2) is 4.79 Å². The van der Waals surface area contributed by atoms with Crippen LogP contribution in [0.15, 0.2) is 54.1 Å². The fourth-order valence-corrected chi connectivity index (χ4v) is 2.85. The molecular weight excluding hydrogens is 304 g/mol. The number of fused-ring (bicyclic) bond motifs is 1. The van der Waals surface area contributed by atoms with Crippen LogP contribution >= 0.6 is 0 Å². The Balaban J connectivity index is 2.35. The molecule has 0 heterocycles. The molecule has 120 valence electrons. The molecule has 0 atom stereocenters. The summed E-state index contributed by atoms with van der Waals surface area (Å²) in [4.78, 5) is 37.4. The second-order valence-electron chi connectivity index (χ2n) is 5.54. The quantitative estimate of drug-likeness (QED) is 0.495. The lowest BCUT2D eigenvalue weighted by molar-refractivity contribution is -0.139. The average molecular weight is 320 g/mol. The molecule has 0 aromatic heterocycles. The predicted molar refractivity (Wildman–Crippen MR) is 89.6 cm³/mol. The first-order chi connectivity index (χ1) is 11.5. The molecule has 0 unspecified atom stereocenters. The van der Waals surface area contributed by atoms with Crippen LogP contribution in [0.5, 0.6) is 0 Å². The van der Waals surface area contributed by atoms with Crippen LogP contribution in [0.4, 0.5) is 0 Å². The summed E-state index contributed by atoms with van der Waals surface area (Å²) < 4.78 is 5.02. The van der Waals surface area contributed by atoms with Gasteiger partial charge in [0.25, 0.3) is 0 Å². The van der Waals surface area contributed by atoms with Gasteiger partial charge >= 0.3 is 5.97 Å². The number of benzene rings is 2. The molecule has 2 aromatic rings. The van der Waals surface area contributed by atoms with Crippen molar-refractivity contribution in [3.63, 3.8) is 0 Å². The lowest BCUT2D eigenvalue weighted by Gasteiger charge is -2.21. The van der Waals surface area contributed by atoms with Gasteiger partial charge in [-0.15, -0.1) is 0 Å². The Morgan fingerprint density at radius 1 is 0.958 bits per heavy atom. The Hall–Kier alpha value is -3.01. The van der Waals surface area contributed by atoms with E-state index in [1.54, 1.807) is 31.2 Å². The van der Waals surface area contributed by atoms with Crippen molar-refractivity contribution in [1.29, 1.82) is 0 Å². The molecular formula is C20H16O4. The van der Waals surface area contributed by atoms with Crippen molar-refractivity contribution < 1.29 is 19.1 Å². The number of rotatable bonds is 3.